The summed E-state index contributed by atoms with van der Waals surface area (Å²) < 4.78 is 6.66. The van der Waals surface area contributed by atoms with Crippen molar-refractivity contribution in [1.29, 1.82) is 0 Å². The number of aromatic nitrogens is 4. The highest BCUT2D eigenvalue weighted by Crippen LogP contribution is 2.20. The number of furan rings is 1. The van der Waals surface area contributed by atoms with E-state index >= 15 is 0 Å². The molecule has 0 aliphatic heterocycles. The first-order valence-corrected chi connectivity index (χ1v) is 7.87. The van der Waals surface area contributed by atoms with Crippen LogP contribution in [0.1, 0.15) is 16.4 Å². The van der Waals surface area contributed by atoms with Crippen molar-refractivity contribution in [1.82, 2.24) is 25.1 Å². The Morgan fingerprint density at radius 1 is 1.12 bits per heavy atom. The number of hydrogen-bond acceptors (Lipinski definition) is 5. The summed E-state index contributed by atoms with van der Waals surface area (Å²) in [6, 6.07) is 14.3. The average Bonchev–Trinajstić information content (AvgIpc) is 3.30. The fraction of sp³-hybridized carbons (Fsp3) is 0.0588. The lowest BCUT2D eigenvalue weighted by Gasteiger charge is -2.04. The fourth-order valence-corrected chi connectivity index (χ4v) is 2.50. The van der Waals surface area contributed by atoms with Gasteiger partial charge in [-0.15, -0.1) is 10.2 Å². The van der Waals surface area contributed by atoms with E-state index < -0.39 is 0 Å². The number of rotatable bonds is 4. The van der Waals surface area contributed by atoms with E-state index in [0.29, 0.717) is 16.5 Å². The van der Waals surface area contributed by atoms with Gasteiger partial charge in [0.15, 0.2) is 17.2 Å². The van der Waals surface area contributed by atoms with Crippen LogP contribution >= 0.6 is 11.6 Å². The van der Waals surface area contributed by atoms with Gasteiger partial charge in [0.25, 0.3) is 5.91 Å². The minimum Gasteiger partial charge on any atom is -0.459 e. The van der Waals surface area contributed by atoms with Gasteiger partial charge in [0.1, 0.15) is 0 Å². The molecule has 4 aromatic rings. The Morgan fingerprint density at radius 2 is 1.96 bits per heavy atom. The Kier molecular flexibility index (Phi) is 3.91. The van der Waals surface area contributed by atoms with Crippen LogP contribution in [0, 0.1) is 0 Å². The Labute approximate surface area is 147 Å². The second-order valence-corrected chi connectivity index (χ2v) is 5.71. The zero-order valence-electron chi connectivity index (χ0n) is 12.9. The first-order valence-electron chi connectivity index (χ1n) is 7.50. The third-order valence-corrected chi connectivity index (χ3v) is 3.87. The Morgan fingerprint density at radius 3 is 2.72 bits per heavy atom. The first kappa shape index (κ1) is 15.3. The van der Waals surface area contributed by atoms with E-state index in [2.05, 4.69) is 20.6 Å². The van der Waals surface area contributed by atoms with E-state index in [9.17, 15) is 4.79 Å². The molecule has 1 N–H and O–H groups in total. The van der Waals surface area contributed by atoms with Crippen molar-refractivity contribution < 1.29 is 9.21 Å². The van der Waals surface area contributed by atoms with Crippen molar-refractivity contribution in [2.75, 3.05) is 0 Å². The highest BCUT2D eigenvalue weighted by atomic mass is 35.5. The molecule has 0 fully saturated rings. The van der Waals surface area contributed by atoms with Gasteiger partial charge in [0.2, 0.25) is 0 Å². The molecule has 124 valence electrons. The lowest BCUT2D eigenvalue weighted by molar-refractivity contribution is 0.0922. The number of nitrogens with zero attached hydrogens (tertiary/aromatic N) is 4. The standard InChI is InChI=1S/C17H12ClN5O2/c18-12-5-3-11(4-6-12)13-7-8-15-20-21-16(23(15)22-13)10-19-17(24)14-2-1-9-25-14/h1-9H,10H2,(H,19,24). The van der Waals surface area contributed by atoms with Crippen molar-refractivity contribution >= 4 is 23.2 Å². The molecule has 25 heavy (non-hydrogen) atoms. The Hall–Kier alpha value is -3.19. The van der Waals surface area contributed by atoms with Gasteiger partial charge in [0.05, 0.1) is 18.5 Å². The second-order valence-electron chi connectivity index (χ2n) is 5.27. The van der Waals surface area contributed by atoms with E-state index in [-0.39, 0.29) is 18.2 Å². The van der Waals surface area contributed by atoms with Crippen LogP contribution < -0.4 is 5.32 Å². The molecule has 4 rings (SSSR count). The maximum Gasteiger partial charge on any atom is 0.287 e. The van der Waals surface area contributed by atoms with Gasteiger partial charge in [-0.2, -0.15) is 9.61 Å². The van der Waals surface area contributed by atoms with Crippen molar-refractivity contribution in [3.05, 3.63) is 71.4 Å². The molecule has 8 heteroatoms. The molecule has 0 bridgehead atoms. The molecule has 0 atom stereocenters. The van der Waals surface area contributed by atoms with Gasteiger partial charge in [-0.1, -0.05) is 23.7 Å². The van der Waals surface area contributed by atoms with Crippen molar-refractivity contribution in [3.8, 4) is 11.3 Å². The molecule has 0 spiro atoms. The third-order valence-electron chi connectivity index (χ3n) is 3.62. The van der Waals surface area contributed by atoms with E-state index in [1.807, 2.05) is 24.3 Å². The number of nitrogens with one attached hydrogen (secondary N) is 1. The smallest absolute Gasteiger partial charge is 0.287 e. The highest BCUT2D eigenvalue weighted by Gasteiger charge is 2.12. The quantitative estimate of drug-likeness (QED) is 0.609. The number of carbonyl (C=O) groups is 1. The molecular weight excluding hydrogens is 342 g/mol. The Balaban J connectivity index is 1.60. The van der Waals surface area contributed by atoms with Crippen LogP contribution in [0.4, 0.5) is 0 Å². The van der Waals surface area contributed by atoms with Crippen LogP contribution in [0.3, 0.4) is 0 Å². The molecule has 1 aromatic carbocycles. The van der Waals surface area contributed by atoms with Crippen molar-refractivity contribution in [3.63, 3.8) is 0 Å². The molecule has 0 aliphatic rings. The topological polar surface area (TPSA) is 85.3 Å². The number of halogens is 1. The zero-order valence-corrected chi connectivity index (χ0v) is 13.6. The van der Waals surface area contributed by atoms with Gasteiger partial charge in [0, 0.05) is 10.6 Å². The molecule has 0 unspecified atom stereocenters. The summed E-state index contributed by atoms with van der Waals surface area (Å²) in [6.07, 6.45) is 1.45. The average molecular weight is 354 g/mol. The van der Waals surface area contributed by atoms with E-state index in [4.69, 9.17) is 16.0 Å². The summed E-state index contributed by atoms with van der Waals surface area (Å²) in [4.78, 5) is 12.0. The summed E-state index contributed by atoms with van der Waals surface area (Å²) in [5.41, 5.74) is 2.27. The van der Waals surface area contributed by atoms with Crippen LogP contribution in [0.2, 0.25) is 5.02 Å². The molecule has 1 amide bonds. The Bertz CT molecular complexity index is 1030. The van der Waals surface area contributed by atoms with E-state index in [0.717, 1.165) is 11.3 Å². The minimum absolute atomic E-state index is 0.178. The summed E-state index contributed by atoms with van der Waals surface area (Å²) in [5, 5.41) is 16.1. The summed E-state index contributed by atoms with van der Waals surface area (Å²) >= 11 is 5.92. The monoisotopic (exact) mass is 353 g/mol. The van der Waals surface area contributed by atoms with Gasteiger partial charge in [-0.05, 0) is 36.4 Å². The lowest BCUT2D eigenvalue weighted by atomic mass is 10.1. The second kappa shape index (κ2) is 6.37. The summed E-state index contributed by atoms with van der Waals surface area (Å²) in [7, 11) is 0. The number of amides is 1. The van der Waals surface area contributed by atoms with Crippen LogP contribution in [0.25, 0.3) is 16.9 Å². The normalized spacial score (nSPS) is 10.9. The number of carbonyl (C=O) groups excluding carboxylic acids is 1. The lowest BCUT2D eigenvalue weighted by Crippen LogP contribution is -2.23. The maximum atomic E-state index is 12.0. The van der Waals surface area contributed by atoms with Crippen molar-refractivity contribution in [2.45, 2.75) is 6.54 Å². The minimum atomic E-state index is -0.324. The maximum absolute atomic E-state index is 12.0. The highest BCUT2D eigenvalue weighted by molar-refractivity contribution is 6.30. The van der Waals surface area contributed by atoms with Crippen LogP contribution in [-0.2, 0) is 6.54 Å². The largest absolute Gasteiger partial charge is 0.459 e. The van der Waals surface area contributed by atoms with Crippen molar-refractivity contribution in [2.24, 2.45) is 0 Å². The molecule has 0 saturated heterocycles. The molecular formula is C17H12ClN5O2. The molecule has 0 radical (unpaired) electrons. The number of hydrogen-bond donors (Lipinski definition) is 1. The summed E-state index contributed by atoms with van der Waals surface area (Å²) in [6.45, 7) is 0.178. The van der Waals surface area contributed by atoms with Crippen LogP contribution in [-0.4, -0.2) is 25.7 Å². The zero-order chi connectivity index (χ0) is 17.2. The van der Waals surface area contributed by atoms with Crippen LogP contribution in [0.5, 0.6) is 0 Å². The van der Waals surface area contributed by atoms with Gasteiger partial charge in [-0.3, -0.25) is 4.79 Å². The SMILES string of the molecule is O=C(NCc1nnc2ccc(-c3ccc(Cl)cc3)nn12)c1ccco1. The van der Waals surface area contributed by atoms with Gasteiger partial charge < -0.3 is 9.73 Å². The van der Waals surface area contributed by atoms with Crippen LogP contribution in [0.15, 0.2) is 59.2 Å². The predicted molar refractivity (Wildman–Crippen MR) is 91.1 cm³/mol. The molecule has 0 saturated carbocycles. The molecule has 3 heterocycles. The predicted octanol–water partition coefficient (Wildman–Crippen LogP) is 2.97. The number of benzene rings is 1. The van der Waals surface area contributed by atoms with Gasteiger partial charge >= 0.3 is 0 Å². The number of fused-ring (bicyclic) bond motifs is 1. The first-order chi connectivity index (χ1) is 12.2. The van der Waals surface area contributed by atoms with E-state index in [1.54, 1.807) is 28.8 Å². The molecule has 0 aliphatic carbocycles. The van der Waals surface area contributed by atoms with Gasteiger partial charge in [-0.25, -0.2) is 0 Å². The summed E-state index contributed by atoms with van der Waals surface area (Å²) in [5.74, 6) is 0.435. The molecule has 3 aromatic heterocycles. The van der Waals surface area contributed by atoms with E-state index in [1.165, 1.54) is 6.26 Å². The fourth-order valence-electron chi connectivity index (χ4n) is 2.37. The molecule has 7 nitrogen and oxygen atoms in total. The third kappa shape index (κ3) is 3.09.